The number of hydrogen-bond acceptors (Lipinski definition) is 5. The van der Waals surface area contributed by atoms with E-state index in [0.717, 1.165) is 11.4 Å². The van der Waals surface area contributed by atoms with Crippen molar-refractivity contribution in [3.8, 4) is 0 Å². The van der Waals surface area contributed by atoms with Gasteiger partial charge in [-0.3, -0.25) is 10.1 Å². The van der Waals surface area contributed by atoms with Crippen LogP contribution >= 0.6 is 11.6 Å². The number of amides is 1. The van der Waals surface area contributed by atoms with Crippen LogP contribution in [0.4, 0.5) is 11.8 Å². The number of hydrogen-bond donors (Lipinski definition) is 2. The first-order valence-corrected chi connectivity index (χ1v) is 10.4. The number of nitrogens with zero attached hydrogens (tertiary/aromatic N) is 4. The number of benzene rings is 1. The van der Waals surface area contributed by atoms with E-state index in [-0.39, 0.29) is 11.9 Å². The van der Waals surface area contributed by atoms with E-state index in [1.807, 2.05) is 63.2 Å². The second-order valence-electron chi connectivity index (χ2n) is 8.82. The van der Waals surface area contributed by atoms with Crippen LogP contribution in [0.15, 0.2) is 42.5 Å². The Bertz CT molecular complexity index is 1060. The zero-order valence-corrected chi connectivity index (χ0v) is 18.1. The summed E-state index contributed by atoms with van der Waals surface area (Å²) in [4.78, 5) is 18.9. The van der Waals surface area contributed by atoms with Crippen molar-refractivity contribution in [1.29, 1.82) is 0 Å². The van der Waals surface area contributed by atoms with Gasteiger partial charge >= 0.3 is 0 Å². The Morgan fingerprint density at radius 3 is 2.43 bits per heavy atom. The molecule has 0 spiro atoms. The fraction of sp³-hybridized carbons (Fsp3) is 0.409. The molecule has 1 saturated heterocycles. The molecule has 0 unspecified atom stereocenters. The molecule has 158 valence electrons. The van der Waals surface area contributed by atoms with E-state index in [1.54, 1.807) is 4.52 Å². The summed E-state index contributed by atoms with van der Waals surface area (Å²) in [6.45, 7) is 6.88. The van der Waals surface area contributed by atoms with E-state index in [4.69, 9.17) is 11.6 Å². The van der Waals surface area contributed by atoms with E-state index in [9.17, 15) is 9.90 Å². The molecule has 3 heterocycles. The van der Waals surface area contributed by atoms with E-state index in [1.165, 1.54) is 0 Å². The van der Waals surface area contributed by atoms with Crippen molar-refractivity contribution in [2.75, 3.05) is 23.3 Å². The molecule has 1 fully saturated rings. The Hall–Kier alpha value is -2.64. The van der Waals surface area contributed by atoms with Crippen molar-refractivity contribution in [3.63, 3.8) is 0 Å². The highest BCUT2D eigenvalue weighted by Gasteiger charge is 2.34. The molecule has 0 radical (unpaired) electrons. The Kier molecular flexibility index (Phi) is 5.20. The summed E-state index contributed by atoms with van der Waals surface area (Å²) in [6, 6.07) is 13.2. The number of nitrogens with one attached hydrogen (secondary N) is 1. The number of pyridine rings is 1. The van der Waals surface area contributed by atoms with Gasteiger partial charge in [0.05, 0.1) is 5.60 Å². The maximum absolute atomic E-state index is 12.3. The van der Waals surface area contributed by atoms with E-state index < -0.39 is 11.0 Å². The minimum absolute atomic E-state index is 0.133. The Balaban J connectivity index is 1.54. The second-order valence-corrected chi connectivity index (χ2v) is 9.26. The molecule has 4 rings (SSSR count). The number of piperidine rings is 1. The summed E-state index contributed by atoms with van der Waals surface area (Å²) in [6.07, 6.45) is 1.18. The zero-order chi connectivity index (χ0) is 21.5. The van der Waals surface area contributed by atoms with Crippen molar-refractivity contribution >= 4 is 34.9 Å². The Morgan fingerprint density at radius 2 is 1.80 bits per heavy atom. The number of rotatable bonds is 3. The van der Waals surface area contributed by atoms with Crippen LogP contribution in [0.5, 0.6) is 0 Å². The van der Waals surface area contributed by atoms with Crippen LogP contribution in [-0.2, 0) is 10.4 Å². The first-order valence-electron chi connectivity index (χ1n) is 10.1. The number of halogens is 1. The van der Waals surface area contributed by atoms with Gasteiger partial charge in [0, 0.05) is 23.5 Å². The summed E-state index contributed by atoms with van der Waals surface area (Å²) < 4.78 is 1.74. The third-order valence-corrected chi connectivity index (χ3v) is 5.79. The van der Waals surface area contributed by atoms with Crippen molar-refractivity contribution < 1.29 is 9.90 Å². The van der Waals surface area contributed by atoms with Crippen LogP contribution in [0, 0.1) is 5.41 Å². The molecule has 0 atom stereocenters. The lowest BCUT2D eigenvalue weighted by molar-refractivity contribution is -0.123. The molecule has 8 heteroatoms. The Labute approximate surface area is 180 Å². The van der Waals surface area contributed by atoms with E-state index in [2.05, 4.69) is 20.3 Å². The van der Waals surface area contributed by atoms with Crippen LogP contribution in [0.3, 0.4) is 0 Å². The molecule has 1 aliphatic heterocycles. The minimum atomic E-state index is -0.872. The topological polar surface area (TPSA) is 82.8 Å². The molecule has 1 aromatic carbocycles. The summed E-state index contributed by atoms with van der Waals surface area (Å²) in [7, 11) is 0. The predicted octanol–water partition coefficient (Wildman–Crippen LogP) is 3.86. The maximum atomic E-state index is 12.3. The first kappa shape index (κ1) is 20.6. The SMILES string of the molecule is CC(C)(C)C(=O)Nc1nc2cccc(N3CCC(O)(c4ccc(Cl)cc4)CC3)n2n1. The third kappa shape index (κ3) is 4.00. The standard InChI is InChI=1S/C22H26ClN5O2/c1-21(2,3)19(29)25-20-24-17-5-4-6-18(28(17)26-20)27-13-11-22(30,12-14-27)15-7-9-16(23)10-8-15/h4-10,30H,11-14H2,1-3H3,(H,25,26,29). The average molecular weight is 428 g/mol. The minimum Gasteiger partial charge on any atom is -0.385 e. The normalized spacial score (nSPS) is 16.6. The predicted molar refractivity (Wildman–Crippen MR) is 118 cm³/mol. The molecule has 0 aliphatic carbocycles. The highest BCUT2D eigenvalue weighted by atomic mass is 35.5. The fourth-order valence-corrected chi connectivity index (χ4v) is 3.75. The highest BCUT2D eigenvalue weighted by Crippen LogP contribution is 2.35. The number of aliphatic hydroxyl groups is 1. The highest BCUT2D eigenvalue weighted by molar-refractivity contribution is 6.30. The second kappa shape index (κ2) is 7.56. The summed E-state index contributed by atoms with van der Waals surface area (Å²) >= 11 is 5.98. The van der Waals surface area contributed by atoms with Crippen LogP contribution in [-0.4, -0.2) is 38.7 Å². The number of aromatic nitrogens is 3. The van der Waals surface area contributed by atoms with Gasteiger partial charge in [0.15, 0.2) is 5.65 Å². The molecule has 2 N–H and O–H groups in total. The van der Waals surface area contributed by atoms with Crippen molar-refractivity contribution in [1.82, 2.24) is 14.6 Å². The third-order valence-electron chi connectivity index (χ3n) is 5.54. The van der Waals surface area contributed by atoms with Gasteiger partial charge in [0.2, 0.25) is 11.9 Å². The summed E-state index contributed by atoms with van der Waals surface area (Å²) in [5.41, 5.74) is 0.149. The van der Waals surface area contributed by atoms with Crippen molar-refractivity contribution in [2.45, 2.75) is 39.2 Å². The van der Waals surface area contributed by atoms with E-state index >= 15 is 0 Å². The van der Waals surface area contributed by atoms with Gasteiger partial charge < -0.3 is 10.0 Å². The summed E-state index contributed by atoms with van der Waals surface area (Å²) in [5, 5.41) is 19.1. The van der Waals surface area contributed by atoms with Gasteiger partial charge in [-0.2, -0.15) is 9.50 Å². The average Bonchev–Trinajstić information content (AvgIpc) is 3.11. The molecule has 7 nitrogen and oxygen atoms in total. The molecule has 1 amide bonds. The summed E-state index contributed by atoms with van der Waals surface area (Å²) in [5.74, 6) is 1.04. The number of carbonyl (C=O) groups is 1. The van der Waals surface area contributed by atoms with Gasteiger partial charge in [-0.05, 0) is 42.7 Å². The van der Waals surface area contributed by atoms with Gasteiger partial charge in [-0.15, -0.1) is 5.10 Å². The van der Waals surface area contributed by atoms with Gasteiger partial charge in [0.25, 0.3) is 0 Å². The number of anilines is 2. The fourth-order valence-electron chi connectivity index (χ4n) is 3.63. The largest absolute Gasteiger partial charge is 0.385 e. The van der Waals surface area contributed by atoms with Crippen LogP contribution in [0.2, 0.25) is 5.02 Å². The van der Waals surface area contributed by atoms with Gasteiger partial charge in [-0.25, -0.2) is 0 Å². The van der Waals surface area contributed by atoms with Gasteiger partial charge in [0.1, 0.15) is 5.82 Å². The quantitative estimate of drug-likeness (QED) is 0.663. The maximum Gasteiger partial charge on any atom is 0.249 e. The molecule has 3 aromatic rings. The van der Waals surface area contributed by atoms with Crippen LogP contribution in [0.1, 0.15) is 39.2 Å². The smallest absolute Gasteiger partial charge is 0.249 e. The molecule has 0 bridgehead atoms. The van der Waals surface area contributed by atoms with Crippen molar-refractivity contribution in [2.24, 2.45) is 5.41 Å². The first-order chi connectivity index (χ1) is 14.2. The molecule has 0 saturated carbocycles. The lowest BCUT2D eigenvalue weighted by atomic mass is 9.84. The lowest BCUT2D eigenvalue weighted by Gasteiger charge is -2.39. The molecule has 30 heavy (non-hydrogen) atoms. The molecule has 2 aromatic heterocycles. The van der Waals surface area contributed by atoms with Crippen LogP contribution in [0.25, 0.3) is 5.65 Å². The molecular weight excluding hydrogens is 402 g/mol. The molecular formula is C22H26ClN5O2. The van der Waals surface area contributed by atoms with Gasteiger partial charge in [-0.1, -0.05) is 50.6 Å². The van der Waals surface area contributed by atoms with Crippen LogP contribution < -0.4 is 10.2 Å². The molecule has 1 aliphatic rings. The van der Waals surface area contributed by atoms with Crippen molar-refractivity contribution in [3.05, 3.63) is 53.1 Å². The number of fused-ring (bicyclic) bond motifs is 1. The lowest BCUT2D eigenvalue weighted by Crippen LogP contribution is -2.43. The Morgan fingerprint density at radius 1 is 1.13 bits per heavy atom. The monoisotopic (exact) mass is 427 g/mol. The van der Waals surface area contributed by atoms with E-state index in [0.29, 0.717) is 36.6 Å². The zero-order valence-electron chi connectivity index (χ0n) is 17.4. The number of carbonyl (C=O) groups excluding carboxylic acids is 1.